The first-order chi connectivity index (χ1) is 9.56. The number of hydrogen-bond donors (Lipinski definition) is 2. The molecule has 0 bridgehead atoms. The van der Waals surface area contributed by atoms with Gasteiger partial charge in [-0.15, -0.1) is 0 Å². The lowest BCUT2D eigenvalue weighted by atomic mass is 10.1. The number of anilines is 1. The van der Waals surface area contributed by atoms with Crippen LogP contribution in [-0.4, -0.2) is 11.0 Å². The minimum Gasteiger partial charge on any atom is -0.388 e. The van der Waals surface area contributed by atoms with E-state index in [2.05, 4.69) is 5.32 Å². The Labute approximate surface area is 121 Å². The highest BCUT2D eigenvalue weighted by Gasteiger charge is 2.14. The predicted octanol–water partition coefficient (Wildman–Crippen LogP) is 3.54. The highest BCUT2D eigenvalue weighted by Crippen LogP contribution is 2.22. The molecule has 0 aliphatic carbocycles. The first kappa shape index (κ1) is 14.5. The molecule has 0 spiro atoms. The molecule has 1 unspecified atom stereocenters. The summed E-state index contributed by atoms with van der Waals surface area (Å²) in [5.74, 6) is -0.845. The van der Waals surface area contributed by atoms with Gasteiger partial charge in [-0.3, -0.25) is 4.79 Å². The summed E-state index contributed by atoms with van der Waals surface area (Å²) in [5.41, 5.74) is 0.838. The number of halogens is 2. The van der Waals surface area contributed by atoms with E-state index >= 15 is 0 Å². The van der Waals surface area contributed by atoms with Crippen molar-refractivity contribution in [3.05, 3.63) is 64.9 Å². The molecule has 2 rings (SSSR count). The van der Waals surface area contributed by atoms with Crippen molar-refractivity contribution in [2.75, 3.05) is 5.32 Å². The quantitative estimate of drug-likeness (QED) is 0.906. The van der Waals surface area contributed by atoms with Gasteiger partial charge < -0.3 is 10.4 Å². The van der Waals surface area contributed by atoms with E-state index in [0.29, 0.717) is 16.3 Å². The molecule has 0 fully saturated rings. The van der Waals surface area contributed by atoms with E-state index in [-0.39, 0.29) is 6.42 Å². The van der Waals surface area contributed by atoms with Crippen molar-refractivity contribution in [1.29, 1.82) is 0 Å². The van der Waals surface area contributed by atoms with Gasteiger partial charge in [-0.05, 0) is 29.8 Å². The molecule has 0 saturated heterocycles. The third-order valence-corrected chi connectivity index (χ3v) is 3.09. The highest BCUT2D eigenvalue weighted by atomic mass is 35.5. The van der Waals surface area contributed by atoms with Crippen molar-refractivity contribution in [2.45, 2.75) is 12.5 Å². The van der Waals surface area contributed by atoms with Crippen molar-refractivity contribution < 1.29 is 14.3 Å². The van der Waals surface area contributed by atoms with E-state index in [0.717, 1.165) is 0 Å². The fraction of sp³-hybridized carbons (Fsp3) is 0.133. The molecule has 1 amide bonds. The first-order valence-corrected chi connectivity index (χ1v) is 6.42. The standard InChI is InChI=1S/C15H13ClFNO2/c16-12-6-1-2-7-13(12)18-15(20)9-14(19)10-4-3-5-11(17)8-10/h1-8,14,19H,9H2,(H,18,20). The van der Waals surface area contributed by atoms with Crippen LogP contribution in [0.15, 0.2) is 48.5 Å². The number of hydrogen-bond acceptors (Lipinski definition) is 2. The average molecular weight is 294 g/mol. The van der Waals surface area contributed by atoms with Gasteiger partial charge in [0.25, 0.3) is 0 Å². The van der Waals surface area contributed by atoms with Crippen molar-refractivity contribution in [2.24, 2.45) is 0 Å². The van der Waals surface area contributed by atoms with Crippen molar-refractivity contribution >= 4 is 23.2 Å². The van der Waals surface area contributed by atoms with E-state index in [1.165, 1.54) is 18.2 Å². The minimum atomic E-state index is -1.06. The van der Waals surface area contributed by atoms with E-state index in [1.54, 1.807) is 30.3 Å². The Hall–Kier alpha value is -1.91. The van der Waals surface area contributed by atoms with Crippen molar-refractivity contribution in [3.8, 4) is 0 Å². The molecule has 0 saturated carbocycles. The maximum atomic E-state index is 13.0. The summed E-state index contributed by atoms with van der Waals surface area (Å²) in [6.07, 6.45) is -1.23. The largest absolute Gasteiger partial charge is 0.388 e. The lowest BCUT2D eigenvalue weighted by Gasteiger charge is -2.12. The summed E-state index contributed by atoms with van der Waals surface area (Å²) < 4.78 is 13.0. The molecule has 20 heavy (non-hydrogen) atoms. The Kier molecular flexibility index (Phi) is 4.71. The summed E-state index contributed by atoms with van der Waals surface area (Å²) >= 11 is 5.92. The molecule has 1 atom stereocenters. The summed E-state index contributed by atoms with van der Waals surface area (Å²) in [6.45, 7) is 0. The number of rotatable bonds is 4. The third-order valence-electron chi connectivity index (χ3n) is 2.76. The number of para-hydroxylation sites is 1. The second-order valence-corrected chi connectivity index (χ2v) is 4.71. The molecule has 0 heterocycles. The summed E-state index contributed by atoms with van der Waals surface area (Å²) in [5, 5.41) is 12.9. The van der Waals surface area contributed by atoms with Crippen LogP contribution in [-0.2, 0) is 4.79 Å². The van der Waals surface area contributed by atoms with Crippen LogP contribution < -0.4 is 5.32 Å². The van der Waals surface area contributed by atoms with E-state index < -0.39 is 17.8 Å². The molecule has 2 aromatic carbocycles. The fourth-order valence-corrected chi connectivity index (χ4v) is 1.95. The zero-order valence-corrected chi connectivity index (χ0v) is 11.3. The van der Waals surface area contributed by atoms with Crippen LogP contribution >= 0.6 is 11.6 Å². The van der Waals surface area contributed by atoms with Crippen LogP contribution in [0.25, 0.3) is 0 Å². The predicted molar refractivity (Wildman–Crippen MR) is 76.1 cm³/mol. The molecule has 5 heteroatoms. The number of aliphatic hydroxyl groups is 1. The second-order valence-electron chi connectivity index (χ2n) is 4.30. The van der Waals surface area contributed by atoms with Crippen LogP contribution in [0.1, 0.15) is 18.1 Å². The molecule has 0 aromatic heterocycles. The molecule has 3 nitrogen and oxygen atoms in total. The second kappa shape index (κ2) is 6.50. The number of nitrogens with one attached hydrogen (secondary N) is 1. The average Bonchev–Trinajstić information content (AvgIpc) is 2.41. The SMILES string of the molecule is O=C(CC(O)c1cccc(F)c1)Nc1ccccc1Cl. The smallest absolute Gasteiger partial charge is 0.227 e. The Balaban J connectivity index is 2.00. The molecule has 2 aromatic rings. The molecular formula is C15H13ClFNO2. The fourth-order valence-electron chi connectivity index (χ4n) is 1.77. The van der Waals surface area contributed by atoms with Gasteiger partial charge in [0.2, 0.25) is 5.91 Å². The van der Waals surface area contributed by atoms with Crippen LogP contribution in [0.3, 0.4) is 0 Å². The molecule has 0 aliphatic rings. The van der Waals surface area contributed by atoms with Crippen molar-refractivity contribution in [1.82, 2.24) is 0 Å². The maximum absolute atomic E-state index is 13.0. The molecule has 2 N–H and O–H groups in total. The first-order valence-electron chi connectivity index (χ1n) is 6.04. The number of carbonyl (C=O) groups excluding carboxylic acids is 1. The zero-order chi connectivity index (χ0) is 14.5. The van der Waals surface area contributed by atoms with Gasteiger partial charge >= 0.3 is 0 Å². The van der Waals surface area contributed by atoms with Crippen LogP contribution in [0.2, 0.25) is 5.02 Å². The number of amides is 1. The van der Waals surface area contributed by atoms with Crippen LogP contribution in [0.4, 0.5) is 10.1 Å². The lowest BCUT2D eigenvalue weighted by molar-refractivity contribution is -0.118. The summed E-state index contributed by atoms with van der Waals surface area (Å²) in [7, 11) is 0. The number of benzene rings is 2. The van der Waals surface area contributed by atoms with Gasteiger partial charge in [-0.2, -0.15) is 0 Å². The van der Waals surface area contributed by atoms with Gasteiger partial charge in [0, 0.05) is 0 Å². The van der Waals surface area contributed by atoms with E-state index in [1.807, 2.05) is 0 Å². The molecule has 104 valence electrons. The Morgan fingerprint density at radius 3 is 2.70 bits per heavy atom. The van der Waals surface area contributed by atoms with E-state index in [4.69, 9.17) is 11.6 Å². The highest BCUT2D eigenvalue weighted by molar-refractivity contribution is 6.33. The molecular weight excluding hydrogens is 281 g/mol. The van der Waals surface area contributed by atoms with Crippen LogP contribution in [0.5, 0.6) is 0 Å². The monoisotopic (exact) mass is 293 g/mol. The molecule has 0 radical (unpaired) electrons. The Morgan fingerprint density at radius 1 is 1.25 bits per heavy atom. The lowest BCUT2D eigenvalue weighted by Crippen LogP contribution is -2.15. The summed E-state index contributed by atoms with van der Waals surface area (Å²) in [6, 6.07) is 12.3. The van der Waals surface area contributed by atoms with Gasteiger partial charge in [0.05, 0.1) is 23.2 Å². The van der Waals surface area contributed by atoms with Gasteiger partial charge in [-0.1, -0.05) is 35.9 Å². The van der Waals surface area contributed by atoms with Crippen molar-refractivity contribution in [3.63, 3.8) is 0 Å². The normalized spacial score (nSPS) is 11.9. The Bertz CT molecular complexity index is 618. The minimum absolute atomic E-state index is 0.172. The Morgan fingerprint density at radius 2 is 2.00 bits per heavy atom. The topological polar surface area (TPSA) is 49.3 Å². The van der Waals surface area contributed by atoms with Gasteiger partial charge in [-0.25, -0.2) is 4.39 Å². The van der Waals surface area contributed by atoms with Gasteiger partial charge in [0.15, 0.2) is 0 Å². The third kappa shape index (κ3) is 3.79. The van der Waals surface area contributed by atoms with Crippen LogP contribution in [0, 0.1) is 5.82 Å². The van der Waals surface area contributed by atoms with Gasteiger partial charge in [0.1, 0.15) is 5.82 Å². The summed E-state index contributed by atoms with van der Waals surface area (Å²) in [4.78, 5) is 11.8. The maximum Gasteiger partial charge on any atom is 0.227 e. The van der Waals surface area contributed by atoms with E-state index in [9.17, 15) is 14.3 Å². The zero-order valence-electron chi connectivity index (χ0n) is 10.5. The molecule has 0 aliphatic heterocycles. The number of aliphatic hydroxyl groups excluding tert-OH is 1. The number of carbonyl (C=O) groups is 1.